The molecule has 0 unspecified atom stereocenters. The van der Waals surface area contributed by atoms with Crippen LogP contribution >= 0.6 is 12.4 Å². The number of rotatable bonds is 2. The molecular formula is C6H11ClN6. The van der Waals surface area contributed by atoms with Crippen LogP contribution in [0.3, 0.4) is 0 Å². The summed E-state index contributed by atoms with van der Waals surface area (Å²) < 4.78 is 0. The van der Waals surface area contributed by atoms with Crippen molar-refractivity contribution in [3.05, 3.63) is 0 Å². The summed E-state index contributed by atoms with van der Waals surface area (Å²) in [6, 6.07) is 0. The summed E-state index contributed by atoms with van der Waals surface area (Å²) in [5, 5.41) is 11.3. The molecule has 0 amide bonds. The number of hydrogen-bond acceptors (Lipinski definition) is 4. The highest BCUT2D eigenvalue weighted by molar-refractivity contribution is 5.85. The predicted octanol–water partition coefficient (Wildman–Crippen LogP) is 0.378. The van der Waals surface area contributed by atoms with E-state index in [9.17, 15) is 0 Å². The molecular weight excluding hydrogens is 192 g/mol. The van der Waals surface area contributed by atoms with Crippen LogP contribution in [0.1, 0.15) is 0 Å². The van der Waals surface area contributed by atoms with Crippen LogP contribution in [0.2, 0.25) is 0 Å². The first-order chi connectivity index (χ1) is 5.95. The maximum Gasteiger partial charge on any atom is 0.108 e. The van der Waals surface area contributed by atoms with E-state index in [0.717, 1.165) is 26.2 Å². The SMILES string of the molecule is C1=NCCN1N=NN1C=NCC1.Cl. The predicted molar refractivity (Wildman–Crippen MR) is 52.2 cm³/mol. The van der Waals surface area contributed by atoms with Crippen molar-refractivity contribution < 1.29 is 0 Å². The fourth-order valence-corrected chi connectivity index (χ4v) is 0.978. The minimum Gasteiger partial charge on any atom is -0.272 e. The molecule has 0 aromatic heterocycles. The fraction of sp³-hybridized carbons (Fsp3) is 0.667. The van der Waals surface area contributed by atoms with E-state index >= 15 is 0 Å². The quantitative estimate of drug-likeness (QED) is 0.608. The molecule has 0 spiro atoms. The second-order valence-corrected chi connectivity index (χ2v) is 2.55. The van der Waals surface area contributed by atoms with E-state index in [1.54, 1.807) is 22.7 Å². The maximum atomic E-state index is 4.01. The fourth-order valence-electron chi connectivity index (χ4n) is 0.978. The molecule has 7 heteroatoms. The Labute approximate surface area is 82.4 Å². The lowest BCUT2D eigenvalue weighted by Crippen LogP contribution is -2.16. The molecule has 13 heavy (non-hydrogen) atoms. The standard InChI is InChI=1S/C6H10N6.ClH/c1-3-11(5-7-1)9-10-12-4-2-8-6-12;/h5-6H,1-4H2;1H. The van der Waals surface area contributed by atoms with E-state index < -0.39 is 0 Å². The van der Waals surface area contributed by atoms with Crippen molar-refractivity contribution in [2.45, 2.75) is 0 Å². The Kier molecular flexibility index (Phi) is 3.63. The number of hydrogen-bond donors (Lipinski definition) is 0. The van der Waals surface area contributed by atoms with Crippen molar-refractivity contribution in [3.63, 3.8) is 0 Å². The zero-order valence-corrected chi connectivity index (χ0v) is 7.89. The summed E-state index contributed by atoms with van der Waals surface area (Å²) in [6.07, 6.45) is 3.38. The van der Waals surface area contributed by atoms with Gasteiger partial charge in [0.2, 0.25) is 0 Å². The van der Waals surface area contributed by atoms with Gasteiger partial charge in [0.15, 0.2) is 0 Å². The normalized spacial score (nSPS) is 20.3. The third kappa shape index (κ3) is 2.66. The topological polar surface area (TPSA) is 55.9 Å². The second kappa shape index (κ2) is 4.76. The second-order valence-electron chi connectivity index (χ2n) is 2.55. The van der Waals surface area contributed by atoms with E-state index in [1.807, 2.05) is 0 Å². The van der Waals surface area contributed by atoms with E-state index in [0.29, 0.717) is 0 Å². The molecule has 2 rings (SSSR count). The van der Waals surface area contributed by atoms with Crippen molar-refractivity contribution in [2.75, 3.05) is 26.2 Å². The summed E-state index contributed by atoms with van der Waals surface area (Å²) in [5.41, 5.74) is 0. The van der Waals surface area contributed by atoms with E-state index in [1.165, 1.54) is 0 Å². The van der Waals surface area contributed by atoms with Gasteiger partial charge in [-0.3, -0.25) is 9.98 Å². The smallest absolute Gasteiger partial charge is 0.108 e. The Hall–Kier alpha value is -1.17. The van der Waals surface area contributed by atoms with Crippen LogP contribution in [0.25, 0.3) is 0 Å². The molecule has 0 fully saturated rings. The average molecular weight is 203 g/mol. The molecule has 0 atom stereocenters. The molecule has 0 aromatic rings. The summed E-state index contributed by atoms with van der Waals surface area (Å²) in [7, 11) is 0. The van der Waals surface area contributed by atoms with Crippen LogP contribution in [-0.4, -0.2) is 48.9 Å². The number of halogens is 1. The molecule has 0 saturated carbocycles. The van der Waals surface area contributed by atoms with Crippen molar-refractivity contribution in [1.82, 2.24) is 10.0 Å². The molecule has 0 aliphatic carbocycles. The molecule has 72 valence electrons. The van der Waals surface area contributed by atoms with Crippen molar-refractivity contribution >= 4 is 25.1 Å². The largest absolute Gasteiger partial charge is 0.272 e. The van der Waals surface area contributed by atoms with Gasteiger partial charge < -0.3 is 0 Å². The highest BCUT2D eigenvalue weighted by Crippen LogP contribution is 1.98. The first kappa shape index (κ1) is 9.91. The van der Waals surface area contributed by atoms with Crippen molar-refractivity contribution in [1.29, 1.82) is 0 Å². The third-order valence-corrected chi connectivity index (χ3v) is 1.62. The lowest BCUT2D eigenvalue weighted by Gasteiger charge is -2.06. The van der Waals surface area contributed by atoms with Gasteiger partial charge in [0.05, 0.1) is 26.2 Å². The molecule has 0 aromatic carbocycles. The third-order valence-electron chi connectivity index (χ3n) is 1.62. The Balaban J connectivity index is 0.000000845. The van der Waals surface area contributed by atoms with E-state index in [2.05, 4.69) is 20.4 Å². The number of aliphatic imine (C=N–C) groups is 2. The Morgan fingerprint density at radius 2 is 1.38 bits per heavy atom. The zero-order valence-electron chi connectivity index (χ0n) is 7.07. The number of nitrogens with zero attached hydrogens (tertiary/aromatic N) is 6. The molecule has 2 heterocycles. The van der Waals surface area contributed by atoms with Crippen LogP contribution in [0, 0.1) is 0 Å². The first-order valence-corrected chi connectivity index (χ1v) is 3.90. The van der Waals surface area contributed by atoms with Gasteiger partial charge in [-0.15, -0.1) is 12.4 Å². The van der Waals surface area contributed by atoms with Crippen molar-refractivity contribution in [3.8, 4) is 0 Å². The highest BCUT2D eigenvalue weighted by atomic mass is 35.5. The minimum absolute atomic E-state index is 0. The van der Waals surface area contributed by atoms with Gasteiger partial charge in [-0.1, -0.05) is 0 Å². The monoisotopic (exact) mass is 202 g/mol. The zero-order chi connectivity index (χ0) is 8.23. The molecule has 0 bridgehead atoms. The first-order valence-electron chi connectivity index (χ1n) is 3.90. The molecule has 6 nitrogen and oxygen atoms in total. The average Bonchev–Trinajstić information content (AvgIpc) is 2.74. The summed E-state index contributed by atoms with van der Waals surface area (Å²) in [6.45, 7) is 3.28. The van der Waals surface area contributed by atoms with Gasteiger partial charge >= 0.3 is 0 Å². The summed E-state index contributed by atoms with van der Waals surface area (Å²) in [4.78, 5) is 8.01. The maximum absolute atomic E-state index is 4.01. The molecule has 0 saturated heterocycles. The van der Waals surface area contributed by atoms with Gasteiger partial charge in [-0.25, -0.2) is 10.0 Å². The van der Waals surface area contributed by atoms with Crippen molar-refractivity contribution in [2.24, 2.45) is 20.4 Å². The Bertz CT molecular complexity index is 213. The molecule has 2 aliphatic heterocycles. The van der Waals surface area contributed by atoms with Crippen LogP contribution in [0.4, 0.5) is 0 Å². The van der Waals surface area contributed by atoms with Crippen LogP contribution in [-0.2, 0) is 0 Å². The molecule has 0 radical (unpaired) electrons. The van der Waals surface area contributed by atoms with E-state index in [4.69, 9.17) is 0 Å². The van der Waals surface area contributed by atoms with Gasteiger partial charge in [-0.2, -0.15) is 0 Å². The van der Waals surface area contributed by atoms with Gasteiger partial charge in [-0.05, 0) is 10.4 Å². The van der Waals surface area contributed by atoms with Gasteiger partial charge in [0.25, 0.3) is 0 Å². The van der Waals surface area contributed by atoms with Gasteiger partial charge in [0, 0.05) is 0 Å². The Morgan fingerprint density at radius 1 is 0.923 bits per heavy atom. The highest BCUT2D eigenvalue weighted by Gasteiger charge is 2.05. The molecule has 2 aliphatic rings. The van der Waals surface area contributed by atoms with E-state index in [-0.39, 0.29) is 12.4 Å². The van der Waals surface area contributed by atoms with Gasteiger partial charge in [0.1, 0.15) is 12.7 Å². The van der Waals surface area contributed by atoms with Crippen LogP contribution in [0.5, 0.6) is 0 Å². The minimum atomic E-state index is 0. The summed E-state index contributed by atoms with van der Waals surface area (Å²) in [5.74, 6) is 0. The van der Waals surface area contributed by atoms with Crippen LogP contribution < -0.4 is 0 Å². The van der Waals surface area contributed by atoms with Crippen LogP contribution in [0.15, 0.2) is 20.4 Å². The lowest BCUT2D eigenvalue weighted by molar-refractivity contribution is 0.372. The summed E-state index contributed by atoms with van der Waals surface area (Å²) >= 11 is 0. The Morgan fingerprint density at radius 3 is 1.69 bits per heavy atom. The lowest BCUT2D eigenvalue weighted by atomic mass is 10.7. The molecule has 0 N–H and O–H groups in total.